The molecule has 2 aliphatic heterocycles. The number of nitrogens with zero attached hydrogens (tertiary/aromatic N) is 3. The van der Waals surface area contributed by atoms with E-state index in [1.54, 1.807) is 60.7 Å². The Morgan fingerprint density at radius 1 is 0.789 bits per heavy atom. The van der Waals surface area contributed by atoms with Gasteiger partial charge in [-0.1, -0.05) is 77.8 Å². The highest BCUT2D eigenvalue weighted by molar-refractivity contribution is 6.32. The molecule has 1 N–H and O–H groups in total. The van der Waals surface area contributed by atoms with Gasteiger partial charge < -0.3 is 14.3 Å². The van der Waals surface area contributed by atoms with E-state index in [0.717, 1.165) is 11.1 Å². The molecule has 10 rings (SSSR count). The first-order valence-corrected chi connectivity index (χ1v) is 19.2. The first-order chi connectivity index (χ1) is 27.7. The number of anilines is 2. The number of hydrogen-bond donors (Lipinski definition) is 1. The minimum absolute atomic E-state index is 0.118. The van der Waals surface area contributed by atoms with Crippen molar-refractivity contribution in [3.63, 3.8) is 0 Å². The number of benzene rings is 5. The van der Waals surface area contributed by atoms with E-state index in [2.05, 4.69) is 4.98 Å². The molecule has 282 valence electrons. The van der Waals surface area contributed by atoms with Crippen LogP contribution in [0, 0.1) is 23.7 Å². The topological polar surface area (TPSA) is 130 Å². The van der Waals surface area contributed by atoms with Crippen molar-refractivity contribution in [3.05, 3.63) is 149 Å². The van der Waals surface area contributed by atoms with Crippen LogP contribution in [0.2, 0.25) is 5.02 Å². The number of rotatable bonds is 6. The molecule has 3 fully saturated rings. The molecule has 11 heteroatoms. The van der Waals surface area contributed by atoms with Gasteiger partial charge in [-0.25, -0.2) is 9.88 Å². The number of phenolic OH excluding ortho intramolecular Hbond substituents is 1. The zero-order chi connectivity index (χ0) is 39.2. The van der Waals surface area contributed by atoms with Crippen LogP contribution in [-0.2, 0) is 24.6 Å². The van der Waals surface area contributed by atoms with Crippen LogP contribution >= 0.6 is 11.6 Å². The number of phenols is 1. The van der Waals surface area contributed by atoms with E-state index < -0.39 is 46.8 Å². The molecule has 57 heavy (non-hydrogen) atoms. The van der Waals surface area contributed by atoms with E-state index in [0.29, 0.717) is 50.3 Å². The summed E-state index contributed by atoms with van der Waals surface area (Å²) in [6, 6.07) is 35.2. The van der Waals surface area contributed by atoms with Crippen LogP contribution < -0.4 is 14.5 Å². The van der Waals surface area contributed by atoms with Crippen molar-refractivity contribution in [2.24, 2.45) is 23.7 Å². The van der Waals surface area contributed by atoms with Crippen LogP contribution in [0.15, 0.2) is 137 Å². The van der Waals surface area contributed by atoms with Gasteiger partial charge in [0.1, 0.15) is 17.0 Å². The second kappa shape index (κ2) is 13.0. The first-order valence-electron chi connectivity index (χ1n) is 18.8. The van der Waals surface area contributed by atoms with E-state index in [4.69, 9.17) is 20.8 Å². The van der Waals surface area contributed by atoms with Crippen molar-refractivity contribution in [2.75, 3.05) is 16.9 Å². The molecular formula is C46H34ClN3O7. The third kappa shape index (κ3) is 5.06. The highest BCUT2D eigenvalue weighted by atomic mass is 35.5. The average Bonchev–Trinajstić information content (AvgIpc) is 3.85. The zero-order valence-electron chi connectivity index (χ0n) is 30.5. The number of aromatic hydroxyl groups is 1. The van der Waals surface area contributed by atoms with Crippen molar-refractivity contribution in [2.45, 2.75) is 24.2 Å². The number of oxazole rings is 1. The zero-order valence-corrected chi connectivity index (χ0v) is 31.3. The lowest BCUT2D eigenvalue weighted by Crippen LogP contribution is -2.53. The largest absolute Gasteiger partial charge is 0.508 e. The molecule has 1 aromatic heterocycles. The van der Waals surface area contributed by atoms with Crippen LogP contribution in [0.4, 0.5) is 11.4 Å². The van der Waals surface area contributed by atoms with Crippen LogP contribution in [0.5, 0.6) is 11.5 Å². The van der Waals surface area contributed by atoms with E-state index >= 15 is 4.79 Å². The molecule has 1 saturated carbocycles. The van der Waals surface area contributed by atoms with Gasteiger partial charge >= 0.3 is 0 Å². The number of allylic oxidation sites excluding steroid dienone is 2. The third-order valence-electron chi connectivity index (χ3n) is 12.4. The quantitative estimate of drug-likeness (QED) is 0.132. The van der Waals surface area contributed by atoms with Crippen molar-refractivity contribution in [3.8, 4) is 23.0 Å². The summed E-state index contributed by atoms with van der Waals surface area (Å²) < 4.78 is 11.4. The molecule has 0 bridgehead atoms. The second-order valence-electron chi connectivity index (χ2n) is 15.1. The summed E-state index contributed by atoms with van der Waals surface area (Å²) in [6.45, 7) is 0. The minimum atomic E-state index is -1.52. The Morgan fingerprint density at radius 2 is 1.56 bits per heavy atom. The van der Waals surface area contributed by atoms with E-state index in [-0.39, 0.29) is 30.4 Å². The molecule has 5 aromatic carbocycles. The van der Waals surface area contributed by atoms with Crippen LogP contribution in [-0.4, -0.2) is 40.8 Å². The summed E-state index contributed by atoms with van der Waals surface area (Å²) in [5, 5.41) is 12.1. The van der Waals surface area contributed by atoms with Crippen molar-refractivity contribution in [1.82, 2.24) is 4.98 Å². The number of imide groups is 2. The predicted octanol–water partition coefficient (Wildman–Crippen LogP) is 8.23. The predicted molar refractivity (Wildman–Crippen MR) is 213 cm³/mol. The molecule has 0 radical (unpaired) electrons. The van der Waals surface area contributed by atoms with Gasteiger partial charge in [-0.3, -0.25) is 24.1 Å². The molecule has 10 nitrogen and oxygen atoms in total. The number of methoxy groups -OCH3 is 1. The van der Waals surface area contributed by atoms with Gasteiger partial charge in [0.15, 0.2) is 5.58 Å². The Balaban J connectivity index is 1.10. The monoisotopic (exact) mass is 775 g/mol. The van der Waals surface area contributed by atoms with E-state index in [1.807, 2.05) is 60.7 Å². The average molecular weight is 776 g/mol. The summed E-state index contributed by atoms with van der Waals surface area (Å²) in [4.78, 5) is 66.6. The summed E-state index contributed by atoms with van der Waals surface area (Å²) >= 11 is 6.42. The van der Waals surface area contributed by atoms with Gasteiger partial charge in [-0.05, 0) is 85.0 Å². The van der Waals surface area contributed by atoms with E-state index in [1.165, 1.54) is 23.0 Å². The highest BCUT2D eigenvalue weighted by Gasteiger charge is 2.70. The number of halogens is 1. The van der Waals surface area contributed by atoms with Crippen molar-refractivity contribution < 1.29 is 33.4 Å². The van der Waals surface area contributed by atoms with Gasteiger partial charge in [0.05, 0.1) is 41.7 Å². The Morgan fingerprint density at radius 3 is 2.30 bits per heavy atom. The number of amides is 4. The summed E-state index contributed by atoms with van der Waals surface area (Å²) in [7, 11) is 1.50. The SMILES string of the molecule is COc1ccc([C@H]2C3=CC[C@@H]4C(=O)N(c5ccc(-c6nc7ccccc7o6)cc5)C(=O)[C@@H]4[C@@H]3C[C@H]3C(=O)N(c4cccc(Cl)c4)C(=O)[C@@]23c2ccccc2)c(O)c1. The maximum Gasteiger partial charge on any atom is 0.246 e. The number of fused-ring (bicyclic) bond motifs is 5. The van der Waals surface area contributed by atoms with Crippen molar-refractivity contribution >= 4 is 57.7 Å². The Hall–Kier alpha value is -6.52. The van der Waals surface area contributed by atoms with Crippen LogP contribution in [0.25, 0.3) is 22.6 Å². The fourth-order valence-electron chi connectivity index (χ4n) is 9.99. The number of carbonyl (C=O) groups is 4. The number of carbonyl (C=O) groups excluding carboxylic acids is 4. The molecular weight excluding hydrogens is 742 g/mol. The Kier molecular flexibility index (Phi) is 7.98. The van der Waals surface area contributed by atoms with Gasteiger partial charge in [-0.2, -0.15) is 0 Å². The maximum absolute atomic E-state index is 15.4. The molecule has 0 spiro atoms. The number of para-hydroxylation sites is 2. The summed E-state index contributed by atoms with van der Waals surface area (Å²) in [6.07, 6.45) is 2.33. The maximum atomic E-state index is 15.4. The van der Waals surface area contributed by atoms with Gasteiger partial charge in [0, 0.05) is 28.1 Å². The standard InChI is InChI=1S/C46H34ClN3O7/c1-56-30-18-19-32(37(51)23-30)40-31-20-21-33-39(44(54)49(42(33)52)28-16-14-25(15-17-28)41-48-36-12-5-6-13-38(36)57-41)34(31)24-35-43(53)50(29-11-7-10-27(47)22-29)45(55)46(35,40)26-8-3-2-4-9-26/h2-20,22-23,33-35,39-40,51H,21,24H2,1H3/t33-,34+,35-,39-,40+,46+/m0/s1. The molecule has 2 saturated heterocycles. The van der Waals surface area contributed by atoms with Gasteiger partial charge in [0.25, 0.3) is 0 Å². The van der Waals surface area contributed by atoms with Crippen LogP contribution in [0.1, 0.15) is 29.9 Å². The lowest BCUT2D eigenvalue weighted by molar-refractivity contribution is -0.127. The van der Waals surface area contributed by atoms with E-state index in [9.17, 15) is 19.5 Å². The summed E-state index contributed by atoms with van der Waals surface area (Å²) in [5.74, 6) is -4.83. The molecule has 3 heterocycles. The van der Waals surface area contributed by atoms with Crippen LogP contribution in [0.3, 0.4) is 0 Å². The number of ether oxygens (including phenoxy) is 1. The highest BCUT2D eigenvalue weighted by Crippen LogP contribution is 2.65. The molecule has 2 aliphatic carbocycles. The minimum Gasteiger partial charge on any atom is -0.508 e. The fraction of sp³-hybridized carbons (Fsp3) is 0.196. The van der Waals surface area contributed by atoms with Gasteiger partial charge in [-0.15, -0.1) is 0 Å². The van der Waals surface area contributed by atoms with Gasteiger partial charge in [0.2, 0.25) is 29.5 Å². The molecule has 4 amide bonds. The number of aromatic nitrogens is 1. The first kappa shape index (κ1) is 34.9. The smallest absolute Gasteiger partial charge is 0.246 e. The second-order valence-corrected chi connectivity index (χ2v) is 15.5. The Labute approximate surface area is 331 Å². The summed E-state index contributed by atoms with van der Waals surface area (Å²) in [5.41, 5.74) is 3.04. The normalized spacial score (nSPS) is 25.4. The lowest BCUT2D eigenvalue weighted by Gasteiger charge is -2.50. The fourth-order valence-corrected chi connectivity index (χ4v) is 10.2. The Bertz CT molecular complexity index is 2660. The molecule has 4 aliphatic rings. The lowest BCUT2D eigenvalue weighted by atomic mass is 9.49. The molecule has 0 unspecified atom stereocenters. The molecule has 6 aromatic rings. The molecule has 6 atom stereocenters. The third-order valence-corrected chi connectivity index (χ3v) is 12.6. The number of hydrogen-bond acceptors (Lipinski definition) is 8. The van der Waals surface area contributed by atoms with Crippen molar-refractivity contribution in [1.29, 1.82) is 0 Å².